The van der Waals surface area contributed by atoms with E-state index in [1.165, 1.54) is 18.2 Å². The van der Waals surface area contributed by atoms with Gasteiger partial charge in [0.2, 0.25) is 0 Å². The molecule has 0 radical (unpaired) electrons. The Balaban J connectivity index is 2.33. The monoisotopic (exact) mass is 304 g/mol. The van der Waals surface area contributed by atoms with E-state index in [0.717, 1.165) is 5.69 Å². The highest BCUT2D eigenvalue weighted by Gasteiger charge is 2.20. The maximum atomic E-state index is 14.0. The summed E-state index contributed by atoms with van der Waals surface area (Å²) in [6, 6.07) is 13.1. The maximum absolute atomic E-state index is 14.0. The number of nitro groups is 1. The molecule has 0 atom stereocenters. The van der Waals surface area contributed by atoms with E-state index in [4.69, 9.17) is 5.11 Å². The molecule has 0 aliphatic rings. The number of anilines is 1. The molecule has 0 fully saturated rings. The molecule has 0 unspecified atom stereocenters. The highest BCUT2D eigenvalue weighted by atomic mass is 19.1. The summed E-state index contributed by atoms with van der Waals surface area (Å²) in [5.41, 5.74) is 0.646. The SMILES string of the molecule is O=[N+]([O-])c1cccc(F)c1CN(CCCO)c1ccccc1. The van der Waals surface area contributed by atoms with Gasteiger partial charge in [-0.15, -0.1) is 0 Å². The molecule has 0 saturated carbocycles. The second-order valence-corrected chi connectivity index (χ2v) is 4.83. The molecule has 0 spiro atoms. The van der Waals surface area contributed by atoms with Crippen LogP contribution in [-0.4, -0.2) is 23.2 Å². The average Bonchev–Trinajstić information content (AvgIpc) is 2.53. The van der Waals surface area contributed by atoms with Gasteiger partial charge < -0.3 is 10.0 Å². The Labute approximate surface area is 127 Å². The van der Waals surface area contributed by atoms with Crippen molar-refractivity contribution in [3.63, 3.8) is 0 Å². The lowest BCUT2D eigenvalue weighted by Gasteiger charge is -2.24. The molecule has 6 heteroatoms. The highest BCUT2D eigenvalue weighted by molar-refractivity contribution is 5.50. The summed E-state index contributed by atoms with van der Waals surface area (Å²) in [6.45, 7) is 0.557. The van der Waals surface area contributed by atoms with Gasteiger partial charge in [-0.25, -0.2) is 4.39 Å². The van der Waals surface area contributed by atoms with E-state index in [1.54, 1.807) is 0 Å². The maximum Gasteiger partial charge on any atom is 0.277 e. The fourth-order valence-corrected chi connectivity index (χ4v) is 2.27. The first-order valence-corrected chi connectivity index (χ1v) is 6.96. The molecule has 1 N–H and O–H groups in total. The smallest absolute Gasteiger partial charge is 0.277 e. The predicted octanol–water partition coefficient (Wildman–Crippen LogP) is 3.12. The second-order valence-electron chi connectivity index (χ2n) is 4.83. The van der Waals surface area contributed by atoms with Crippen LogP contribution in [0.4, 0.5) is 15.8 Å². The summed E-state index contributed by atoms with van der Waals surface area (Å²) in [5.74, 6) is -0.598. The third-order valence-corrected chi connectivity index (χ3v) is 3.35. The van der Waals surface area contributed by atoms with Crippen molar-refractivity contribution >= 4 is 11.4 Å². The van der Waals surface area contributed by atoms with Gasteiger partial charge in [-0.05, 0) is 24.6 Å². The molecule has 116 valence electrons. The van der Waals surface area contributed by atoms with Crippen molar-refractivity contribution in [3.8, 4) is 0 Å². The molecule has 0 aromatic heterocycles. The summed E-state index contributed by atoms with van der Waals surface area (Å²) in [5, 5.41) is 20.1. The van der Waals surface area contributed by atoms with Gasteiger partial charge >= 0.3 is 0 Å². The van der Waals surface area contributed by atoms with E-state index in [2.05, 4.69) is 0 Å². The average molecular weight is 304 g/mol. The van der Waals surface area contributed by atoms with Crippen LogP contribution in [0.1, 0.15) is 12.0 Å². The second kappa shape index (κ2) is 7.51. The number of aliphatic hydroxyl groups excluding tert-OH is 1. The molecule has 0 aliphatic heterocycles. The van der Waals surface area contributed by atoms with Crippen LogP contribution in [0.5, 0.6) is 0 Å². The van der Waals surface area contributed by atoms with E-state index in [1.807, 2.05) is 35.2 Å². The minimum absolute atomic E-state index is 0.00268. The minimum Gasteiger partial charge on any atom is -0.396 e. The Kier molecular flexibility index (Phi) is 5.43. The van der Waals surface area contributed by atoms with Crippen LogP contribution in [-0.2, 0) is 6.54 Å². The molecule has 2 aromatic rings. The summed E-state index contributed by atoms with van der Waals surface area (Å²) in [7, 11) is 0. The Bertz CT molecular complexity index is 635. The number of para-hydroxylation sites is 1. The van der Waals surface area contributed by atoms with Crippen LogP contribution in [0.3, 0.4) is 0 Å². The third kappa shape index (κ3) is 3.79. The number of hydrogen-bond donors (Lipinski definition) is 1. The van der Waals surface area contributed by atoms with Crippen molar-refractivity contribution in [2.75, 3.05) is 18.1 Å². The van der Waals surface area contributed by atoms with Gasteiger partial charge in [0.25, 0.3) is 5.69 Å². The standard InChI is InChI=1S/C16H17FN2O3/c17-15-8-4-9-16(19(21)22)14(15)12-18(10-5-11-20)13-6-2-1-3-7-13/h1-4,6-9,20H,5,10-12H2. The number of rotatable bonds is 7. The zero-order chi connectivity index (χ0) is 15.9. The van der Waals surface area contributed by atoms with Crippen molar-refractivity contribution in [2.24, 2.45) is 0 Å². The van der Waals surface area contributed by atoms with Crippen molar-refractivity contribution in [1.29, 1.82) is 0 Å². The molecule has 0 bridgehead atoms. The van der Waals surface area contributed by atoms with E-state index in [0.29, 0.717) is 13.0 Å². The predicted molar refractivity (Wildman–Crippen MR) is 82.2 cm³/mol. The van der Waals surface area contributed by atoms with Crippen LogP contribution in [0.15, 0.2) is 48.5 Å². The van der Waals surface area contributed by atoms with E-state index < -0.39 is 10.7 Å². The van der Waals surface area contributed by atoms with Crippen LogP contribution in [0.2, 0.25) is 0 Å². The summed E-state index contributed by atoms with van der Waals surface area (Å²) in [6.07, 6.45) is 0.497. The lowest BCUT2D eigenvalue weighted by Crippen LogP contribution is -2.25. The first kappa shape index (κ1) is 15.9. The molecular formula is C16H17FN2O3. The fourth-order valence-electron chi connectivity index (χ4n) is 2.27. The molecule has 0 heterocycles. The first-order chi connectivity index (χ1) is 10.6. The highest BCUT2D eigenvalue weighted by Crippen LogP contribution is 2.25. The Morgan fingerprint density at radius 1 is 1.14 bits per heavy atom. The van der Waals surface area contributed by atoms with Gasteiger partial charge in [0.15, 0.2) is 0 Å². The summed E-state index contributed by atoms with van der Waals surface area (Å²) < 4.78 is 14.0. The lowest BCUT2D eigenvalue weighted by molar-refractivity contribution is -0.385. The Morgan fingerprint density at radius 2 is 1.86 bits per heavy atom. The molecular weight excluding hydrogens is 287 g/mol. The topological polar surface area (TPSA) is 66.6 Å². The molecule has 5 nitrogen and oxygen atoms in total. The number of halogens is 1. The summed E-state index contributed by atoms with van der Waals surface area (Å²) >= 11 is 0. The van der Waals surface area contributed by atoms with E-state index in [9.17, 15) is 14.5 Å². The Hall–Kier alpha value is -2.47. The molecule has 2 aromatic carbocycles. The number of nitrogens with zero attached hydrogens (tertiary/aromatic N) is 2. The quantitative estimate of drug-likeness (QED) is 0.630. The van der Waals surface area contributed by atoms with Crippen LogP contribution >= 0.6 is 0 Å². The van der Waals surface area contributed by atoms with Gasteiger partial charge in [-0.3, -0.25) is 10.1 Å². The third-order valence-electron chi connectivity index (χ3n) is 3.35. The van der Waals surface area contributed by atoms with Crippen molar-refractivity contribution in [3.05, 3.63) is 70.0 Å². The normalized spacial score (nSPS) is 10.5. The lowest BCUT2D eigenvalue weighted by atomic mass is 10.1. The zero-order valence-electron chi connectivity index (χ0n) is 12.0. The van der Waals surface area contributed by atoms with E-state index >= 15 is 0 Å². The van der Waals surface area contributed by atoms with Crippen molar-refractivity contribution in [1.82, 2.24) is 0 Å². The Morgan fingerprint density at radius 3 is 2.50 bits per heavy atom. The van der Waals surface area contributed by atoms with Gasteiger partial charge in [0, 0.05) is 24.9 Å². The first-order valence-electron chi connectivity index (χ1n) is 6.96. The van der Waals surface area contributed by atoms with Gasteiger partial charge in [-0.1, -0.05) is 24.3 Å². The molecule has 22 heavy (non-hydrogen) atoms. The minimum atomic E-state index is -0.598. The number of aliphatic hydroxyl groups is 1. The molecule has 0 saturated heterocycles. The van der Waals surface area contributed by atoms with E-state index in [-0.39, 0.29) is 24.4 Å². The number of benzene rings is 2. The fraction of sp³-hybridized carbons (Fsp3) is 0.250. The molecule has 0 aliphatic carbocycles. The van der Waals surface area contributed by atoms with Gasteiger partial charge in [-0.2, -0.15) is 0 Å². The van der Waals surface area contributed by atoms with Gasteiger partial charge in [0.1, 0.15) is 5.82 Å². The number of nitro benzene ring substituents is 1. The van der Waals surface area contributed by atoms with Crippen LogP contribution in [0, 0.1) is 15.9 Å². The van der Waals surface area contributed by atoms with Gasteiger partial charge in [0.05, 0.1) is 17.0 Å². The zero-order valence-corrected chi connectivity index (χ0v) is 12.0. The van der Waals surface area contributed by atoms with Crippen LogP contribution < -0.4 is 4.90 Å². The van der Waals surface area contributed by atoms with Crippen molar-refractivity contribution < 1.29 is 14.4 Å². The summed E-state index contributed by atoms with van der Waals surface area (Å²) in [4.78, 5) is 12.3. The molecule has 2 rings (SSSR count). The number of hydrogen-bond acceptors (Lipinski definition) is 4. The van der Waals surface area contributed by atoms with Crippen molar-refractivity contribution in [2.45, 2.75) is 13.0 Å². The molecule has 0 amide bonds. The van der Waals surface area contributed by atoms with Crippen LogP contribution in [0.25, 0.3) is 0 Å². The largest absolute Gasteiger partial charge is 0.396 e.